The molecule has 10 nitrogen and oxygen atoms in total. The number of carbonyl (C=O) groups is 2. The third-order valence-electron chi connectivity index (χ3n) is 5.16. The van der Waals surface area contributed by atoms with Crippen molar-refractivity contribution in [3.8, 4) is 0 Å². The number of anilines is 1. The Labute approximate surface area is 184 Å². The van der Waals surface area contributed by atoms with Crippen molar-refractivity contribution in [1.82, 2.24) is 30.2 Å². The predicted octanol–water partition coefficient (Wildman–Crippen LogP) is 2.56. The van der Waals surface area contributed by atoms with Crippen molar-refractivity contribution >= 4 is 28.4 Å². The third-order valence-corrected chi connectivity index (χ3v) is 5.16. The summed E-state index contributed by atoms with van der Waals surface area (Å²) in [6.45, 7) is 6.92. The Bertz CT molecular complexity index is 1290. The SMILES string of the molecule is CCn1nc(C)c(CNC(=O)c2nc(CC(=O)Nc3cccc4ncccc34)no2)c1C. The van der Waals surface area contributed by atoms with Crippen LogP contribution >= 0.6 is 0 Å². The molecule has 0 spiro atoms. The van der Waals surface area contributed by atoms with Crippen molar-refractivity contribution in [2.24, 2.45) is 0 Å². The van der Waals surface area contributed by atoms with Crippen LogP contribution in [0, 0.1) is 13.8 Å². The average Bonchev–Trinajstić information content (AvgIpc) is 3.36. The first-order chi connectivity index (χ1) is 15.5. The number of aromatic nitrogens is 5. The van der Waals surface area contributed by atoms with Gasteiger partial charge in [-0.1, -0.05) is 11.2 Å². The molecule has 0 aliphatic carbocycles. The minimum atomic E-state index is -0.507. The van der Waals surface area contributed by atoms with Crippen LogP contribution in [0.3, 0.4) is 0 Å². The monoisotopic (exact) mass is 433 g/mol. The summed E-state index contributed by atoms with van der Waals surface area (Å²) in [4.78, 5) is 33.2. The van der Waals surface area contributed by atoms with E-state index in [2.05, 4.69) is 30.9 Å². The number of amides is 2. The highest BCUT2D eigenvalue weighted by atomic mass is 16.5. The second-order valence-electron chi connectivity index (χ2n) is 7.26. The van der Waals surface area contributed by atoms with Crippen LogP contribution in [0.25, 0.3) is 10.9 Å². The first-order valence-electron chi connectivity index (χ1n) is 10.2. The molecule has 0 atom stereocenters. The Hall–Kier alpha value is -4.08. The van der Waals surface area contributed by atoms with Gasteiger partial charge in [-0.15, -0.1) is 0 Å². The van der Waals surface area contributed by atoms with Crippen LogP contribution < -0.4 is 10.6 Å². The van der Waals surface area contributed by atoms with Crippen molar-refractivity contribution in [3.63, 3.8) is 0 Å². The van der Waals surface area contributed by atoms with Crippen LogP contribution in [0.4, 0.5) is 5.69 Å². The quantitative estimate of drug-likeness (QED) is 0.458. The fourth-order valence-electron chi connectivity index (χ4n) is 3.51. The number of rotatable bonds is 7. The van der Waals surface area contributed by atoms with E-state index in [1.54, 1.807) is 18.3 Å². The van der Waals surface area contributed by atoms with Crippen molar-refractivity contribution in [2.45, 2.75) is 40.3 Å². The van der Waals surface area contributed by atoms with Gasteiger partial charge in [-0.2, -0.15) is 10.1 Å². The molecular weight excluding hydrogens is 410 g/mol. The van der Waals surface area contributed by atoms with Gasteiger partial charge in [0.05, 0.1) is 23.3 Å². The van der Waals surface area contributed by atoms with Gasteiger partial charge in [-0.05, 0) is 45.0 Å². The van der Waals surface area contributed by atoms with E-state index in [1.165, 1.54) is 0 Å². The summed E-state index contributed by atoms with van der Waals surface area (Å²) >= 11 is 0. The van der Waals surface area contributed by atoms with Gasteiger partial charge in [0.1, 0.15) is 0 Å². The van der Waals surface area contributed by atoms with Crippen LogP contribution in [0.5, 0.6) is 0 Å². The summed E-state index contributed by atoms with van der Waals surface area (Å²) in [5, 5.41) is 14.6. The molecule has 0 unspecified atom stereocenters. The Morgan fingerprint density at radius 2 is 2.00 bits per heavy atom. The molecule has 3 aromatic heterocycles. The van der Waals surface area contributed by atoms with Gasteiger partial charge in [0.15, 0.2) is 5.82 Å². The maximum Gasteiger partial charge on any atom is 0.315 e. The number of pyridine rings is 1. The lowest BCUT2D eigenvalue weighted by Crippen LogP contribution is -2.24. The number of aryl methyl sites for hydroxylation is 2. The highest BCUT2D eigenvalue weighted by Crippen LogP contribution is 2.21. The van der Waals surface area contributed by atoms with Crippen molar-refractivity contribution in [3.05, 3.63) is 65.2 Å². The molecule has 0 fully saturated rings. The number of nitrogens with zero attached hydrogens (tertiary/aromatic N) is 5. The van der Waals surface area contributed by atoms with E-state index < -0.39 is 5.91 Å². The van der Waals surface area contributed by atoms with Crippen LogP contribution in [0.1, 0.15) is 40.4 Å². The number of hydrogen-bond donors (Lipinski definition) is 2. The highest BCUT2D eigenvalue weighted by Gasteiger charge is 2.19. The number of carbonyl (C=O) groups excluding carboxylic acids is 2. The van der Waals surface area contributed by atoms with Gasteiger partial charge < -0.3 is 15.2 Å². The zero-order valence-corrected chi connectivity index (χ0v) is 18.0. The molecule has 4 rings (SSSR count). The molecule has 0 saturated heterocycles. The van der Waals surface area contributed by atoms with Crippen LogP contribution in [0.2, 0.25) is 0 Å². The summed E-state index contributed by atoms with van der Waals surface area (Å²) in [6, 6.07) is 9.16. The topological polar surface area (TPSA) is 128 Å². The average molecular weight is 433 g/mol. The van der Waals surface area contributed by atoms with Gasteiger partial charge in [-0.25, -0.2) is 0 Å². The molecule has 10 heteroatoms. The summed E-state index contributed by atoms with van der Waals surface area (Å²) in [5.41, 5.74) is 4.22. The van der Waals surface area contributed by atoms with E-state index >= 15 is 0 Å². The van der Waals surface area contributed by atoms with Crippen molar-refractivity contribution in [2.75, 3.05) is 5.32 Å². The molecule has 0 aliphatic heterocycles. The van der Waals surface area contributed by atoms with Crippen LogP contribution in [0.15, 0.2) is 41.1 Å². The van der Waals surface area contributed by atoms with E-state index in [9.17, 15) is 9.59 Å². The van der Waals surface area contributed by atoms with Gasteiger partial charge >= 0.3 is 11.8 Å². The molecule has 164 valence electrons. The predicted molar refractivity (Wildman–Crippen MR) is 117 cm³/mol. The zero-order valence-electron chi connectivity index (χ0n) is 18.0. The molecular formula is C22H23N7O3. The zero-order chi connectivity index (χ0) is 22.7. The molecule has 0 radical (unpaired) electrons. The molecule has 0 aliphatic rings. The van der Waals surface area contributed by atoms with Crippen molar-refractivity contribution in [1.29, 1.82) is 0 Å². The maximum atomic E-state index is 12.5. The second-order valence-corrected chi connectivity index (χ2v) is 7.26. The molecule has 2 amide bonds. The minimum absolute atomic E-state index is 0.122. The van der Waals surface area contributed by atoms with Gasteiger partial charge in [-0.3, -0.25) is 19.3 Å². The summed E-state index contributed by atoms with van der Waals surface area (Å²) in [7, 11) is 0. The van der Waals surface area contributed by atoms with Gasteiger partial charge in [0.25, 0.3) is 0 Å². The Morgan fingerprint density at radius 3 is 2.78 bits per heavy atom. The minimum Gasteiger partial charge on any atom is -0.344 e. The number of nitrogens with one attached hydrogen (secondary N) is 2. The van der Waals surface area contributed by atoms with E-state index in [0.717, 1.165) is 34.4 Å². The molecule has 1 aromatic carbocycles. The van der Waals surface area contributed by atoms with E-state index in [0.29, 0.717) is 12.2 Å². The molecule has 4 aromatic rings. The first-order valence-corrected chi connectivity index (χ1v) is 10.2. The van der Waals surface area contributed by atoms with Gasteiger partial charge in [0, 0.05) is 35.9 Å². The lowest BCUT2D eigenvalue weighted by molar-refractivity contribution is -0.115. The summed E-state index contributed by atoms with van der Waals surface area (Å²) < 4.78 is 6.92. The standard InChI is InChI=1S/C22H23N7O3/c1-4-29-14(3)16(13(2)27-29)12-24-21(31)22-26-19(28-32-22)11-20(30)25-18-9-5-8-17-15(18)7-6-10-23-17/h5-10H,4,11-12H2,1-3H3,(H,24,31)(H,25,30). The Morgan fingerprint density at radius 1 is 1.16 bits per heavy atom. The molecule has 0 bridgehead atoms. The van der Waals surface area contributed by atoms with Crippen LogP contribution in [-0.4, -0.2) is 36.7 Å². The largest absolute Gasteiger partial charge is 0.344 e. The third kappa shape index (κ3) is 4.34. The van der Waals surface area contributed by atoms with Crippen LogP contribution in [-0.2, 0) is 24.3 Å². The van der Waals surface area contributed by atoms with Gasteiger partial charge in [0.2, 0.25) is 5.91 Å². The molecule has 0 saturated carbocycles. The number of hydrogen-bond acceptors (Lipinski definition) is 7. The number of fused-ring (bicyclic) bond motifs is 1. The molecule has 2 N–H and O–H groups in total. The van der Waals surface area contributed by atoms with E-state index in [-0.39, 0.29) is 24.0 Å². The summed E-state index contributed by atoms with van der Waals surface area (Å²) in [5.74, 6) is -0.905. The highest BCUT2D eigenvalue weighted by molar-refractivity contribution is 6.01. The lowest BCUT2D eigenvalue weighted by Gasteiger charge is -2.07. The lowest BCUT2D eigenvalue weighted by atomic mass is 10.2. The molecule has 32 heavy (non-hydrogen) atoms. The fraction of sp³-hybridized carbons (Fsp3) is 0.273. The van der Waals surface area contributed by atoms with E-state index in [4.69, 9.17) is 4.52 Å². The first kappa shape index (κ1) is 21.2. The van der Waals surface area contributed by atoms with E-state index in [1.807, 2.05) is 43.7 Å². The smallest absolute Gasteiger partial charge is 0.315 e. The second kappa shape index (κ2) is 8.96. The van der Waals surface area contributed by atoms with Crippen molar-refractivity contribution < 1.29 is 14.1 Å². The fourth-order valence-corrected chi connectivity index (χ4v) is 3.51. The summed E-state index contributed by atoms with van der Waals surface area (Å²) in [6.07, 6.45) is 1.56. The maximum absolute atomic E-state index is 12.5. The number of benzene rings is 1. The molecule has 3 heterocycles. The Kier molecular flexibility index (Phi) is 5.93. The normalized spacial score (nSPS) is 11.0. The Balaban J connectivity index is 1.37.